The Morgan fingerprint density at radius 2 is 1.92 bits per heavy atom. The first-order valence-electron chi connectivity index (χ1n) is 7.50. The van der Waals surface area contributed by atoms with Gasteiger partial charge < -0.3 is 4.90 Å². The second-order valence-electron chi connectivity index (χ2n) is 5.97. The maximum Gasteiger partial charge on any atom is 0.326 e. The monoisotopic (exact) mass is 371 g/mol. The Bertz CT molecular complexity index is 866. The molecule has 0 saturated carbocycles. The van der Waals surface area contributed by atoms with Crippen molar-refractivity contribution in [3.8, 4) is 5.97 Å². The highest BCUT2D eigenvalue weighted by molar-refractivity contribution is 8.69. The van der Waals surface area contributed by atoms with Crippen molar-refractivity contribution >= 4 is 57.9 Å². The molecule has 1 aromatic carbocycles. The van der Waals surface area contributed by atoms with Crippen molar-refractivity contribution in [3.63, 3.8) is 0 Å². The van der Waals surface area contributed by atoms with E-state index in [0.717, 1.165) is 37.2 Å². The minimum Gasteiger partial charge on any atom is -0.313 e. The fourth-order valence-electron chi connectivity index (χ4n) is 3.24. The van der Waals surface area contributed by atoms with Gasteiger partial charge in [-0.05, 0) is 11.1 Å². The molecular weight excluding hydrogens is 357 g/mol. The molecule has 2 aliphatic heterocycles. The molecule has 0 aromatic heterocycles. The van der Waals surface area contributed by atoms with E-state index in [1.807, 2.05) is 24.3 Å². The number of fused-ring (bicyclic) bond motifs is 1. The molecule has 25 heavy (non-hydrogen) atoms. The third-order valence-electron chi connectivity index (χ3n) is 4.70. The first-order valence-corrected chi connectivity index (χ1v) is 9.36. The predicted octanol–water partition coefficient (Wildman–Crippen LogP) is 0.509. The molecule has 1 saturated heterocycles. The maximum atomic E-state index is 12.8. The summed E-state index contributed by atoms with van der Waals surface area (Å²) in [6.07, 6.45) is 0.162. The van der Waals surface area contributed by atoms with E-state index in [1.54, 1.807) is 5.98 Å². The van der Waals surface area contributed by atoms with Crippen LogP contribution in [0.1, 0.15) is 12.0 Å². The van der Waals surface area contributed by atoms with Gasteiger partial charge in [-0.25, -0.2) is 5.26 Å². The molecule has 1 fully saturated rings. The number of rotatable bonds is 3. The minimum absolute atomic E-state index is 0.162. The molecule has 0 radical (unpaired) electrons. The zero-order chi connectivity index (χ0) is 18.4. The maximum absolute atomic E-state index is 12.8. The van der Waals surface area contributed by atoms with Gasteiger partial charge in [0.25, 0.3) is 5.91 Å². The zero-order valence-electron chi connectivity index (χ0n) is 13.6. The molecule has 1 atom stereocenters. The predicted molar refractivity (Wildman–Crippen MR) is 99.9 cm³/mol. The van der Waals surface area contributed by atoms with Crippen LogP contribution in [0.15, 0.2) is 30.2 Å². The molecule has 3 amide bonds. The van der Waals surface area contributed by atoms with E-state index in [2.05, 4.69) is 17.6 Å². The van der Waals surface area contributed by atoms with Crippen molar-refractivity contribution in [2.45, 2.75) is 11.3 Å². The summed E-state index contributed by atoms with van der Waals surface area (Å²) in [6, 6.07) is 7.48. The van der Waals surface area contributed by atoms with Crippen LogP contribution >= 0.6 is 22.5 Å². The summed E-state index contributed by atoms with van der Waals surface area (Å²) >= 11 is 4.24. The number of piperazine rings is 1. The Morgan fingerprint density at radius 3 is 2.56 bits per heavy atom. The summed E-state index contributed by atoms with van der Waals surface area (Å²) in [5.41, 5.74) is 2.55. The Hall–Kier alpha value is -2.18. The lowest BCUT2D eigenvalue weighted by atomic mass is 9.48. The van der Waals surface area contributed by atoms with Gasteiger partial charge in [-0.3, -0.25) is 19.3 Å². The van der Waals surface area contributed by atoms with Crippen LogP contribution in [0.5, 0.6) is 0 Å². The molecule has 0 aliphatic carbocycles. The molecule has 9 heteroatoms. The van der Waals surface area contributed by atoms with Crippen LogP contribution in [0.2, 0.25) is 0 Å². The minimum atomic E-state index is -1.34. The number of hydrogen-bond donors (Lipinski definition) is 1. The van der Waals surface area contributed by atoms with Crippen LogP contribution in [-0.2, 0) is 14.4 Å². The van der Waals surface area contributed by atoms with Gasteiger partial charge >= 0.3 is 18.5 Å². The summed E-state index contributed by atoms with van der Waals surface area (Å²) in [7, 11) is 3.64. The number of hydrogen-bond acceptors (Lipinski definition) is 6. The molecule has 0 N–H and O–H groups in total. The quantitative estimate of drug-likeness (QED) is 0.275. The summed E-state index contributed by atoms with van der Waals surface area (Å²) in [4.78, 5) is 37.7. The van der Waals surface area contributed by atoms with Crippen LogP contribution < -0.4 is 5.46 Å². The number of thiol groups is 1. The number of imide groups is 1. The van der Waals surface area contributed by atoms with Crippen molar-refractivity contribution < 1.29 is 14.4 Å². The molecule has 3 rings (SSSR count). The van der Waals surface area contributed by atoms with E-state index in [9.17, 15) is 19.6 Å². The first-order chi connectivity index (χ1) is 11.9. The number of amides is 3. The van der Waals surface area contributed by atoms with Crippen molar-refractivity contribution in [2.75, 3.05) is 14.1 Å². The van der Waals surface area contributed by atoms with E-state index in [-0.39, 0.29) is 6.42 Å². The van der Waals surface area contributed by atoms with Gasteiger partial charge in [0, 0.05) is 26.5 Å². The molecule has 1 unspecified atom stereocenters. The second kappa shape index (κ2) is 6.28. The lowest BCUT2D eigenvalue weighted by molar-refractivity contribution is -0.166. The van der Waals surface area contributed by atoms with Crippen LogP contribution in [0, 0.1) is 11.2 Å². The number of likely N-dealkylation sites (N-methyl/N-ethyl adjacent to an activating group) is 2. The molecule has 2 aliphatic rings. The van der Waals surface area contributed by atoms with E-state index in [1.165, 1.54) is 14.1 Å². The van der Waals surface area contributed by atoms with Gasteiger partial charge in [0.2, 0.25) is 0 Å². The summed E-state index contributed by atoms with van der Waals surface area (Å²) in [5.74, 6) is 1.92. The molecular formula is C16H14BN3O3S2. The van der Waals surface area contributed by atoms with Crippen molar-refractivity contribution in [2.24, 2.45) is 0 Å². The van der Waals surface area contributed by atoms with Gasteiger partial charge in [-0.1, -0.05) is 46.5 Å². The topological polar surface area (TPSA) is 81.5 Å². The second-order valence-corrected chi connectivity index (χ2v) is 7.38. The third-order valence-corrected chi connectivity index (χ3v) is 6.50. The molecule has 6 nitrogen and oxygen atoms in total. The zero-order valence-corrected chi connectivity index (χ0v) is 15.3. The van der Waals surface area contributed by atoms with Gasteiger partial charge in [0.1, 0.15) is 0 Å². The summed E-state index contributed by atoms with van der Waals surface area (Å²) in [6.45, 7) is -0.396. The number of carbonyl (C=O) groups is 3. The van der Waals surface area contributed by atoms with Crippen molar-refractivity contribution in [1.82, 2.24) is 9.80 Å². The average molecular weight is 371 g/mol. The number of carbonyl (C=O) groups excluding carboxylic acids is 3. The van der Waals surface area contributed by atoms with E-state index in [0.29, 0.717) is 0 Å². The Labute approximate surface area is 154 Å². The third kappa shape index (κ3) is 2.48. The van der Waals surface area contributed by atoms with Crippen LogP contribution in [0.3, 0.4) is 0 Å². The molecule has 126 valence electrons. The van der Waals surface area contributed by atoms with Crippen LogP contribution in [0.4, 0.5) is 0 Å². The number of nitrogens with zero attached hydrogens (tertiary/aromatic N) is 3. The van der Waals surface area contributed by atoms with Crippen LogP contribution in [-0.4, -0.2) is 53.2 Å². The highest BCUT2D eigenvalue weighted by Gasteiger charge is 2.55. The normalized spacial score (nSPS) is 22.9. The Kier molecular flexibility index (Phi) is 4.43. The smallest absolute Gasteiger partial charge is 0.313 e. The average Bonchev–Trinajstić information content (AvgIpc) is 2.99. The fraction of sp³-hybridized carbons (Fsp3) is 0.250. The molecule has 2 heterocycles. The van der Waals surface area contributed by atoms with Gasteiger partial charge in [0.15, 0.2) is 4.87 Å². The first kappa shape index (κ1) is 17.6. The molecule has 0 spiro atoms. The van der Waals surface area contributed by atoms with E-state index >= 15 is 0 Å². The largest absolute Gasteiger partial charge is 0.326 e. The molecule has 1 aromatic rings. The Balaban J connectivity index is 2.06. The summed E-state index contributed by atoms with van der Waals surface area (Å²) in [5, 5.41) is 9.38. The standard InChI is InChI=1S/C16H14BN3O3S2/c1-19-13(21)14(22)20(2)16(25-24,15(19)23)7-10-8-17(9-18)12-6-4-3-5-11(10)12/h3-6,8,24H,7H2,1-2H3. The fourth-order valence-corrected chi connectivity index (χ4v) is 4.67. The van der Waals surface area contributed by atoms with E-state index < -0.39 is 29.3 Å². The highest BCUT2D eigenvalue weighted by Crippen LogP contribution is 2.43. The van der Waals surface area contributed by atoms with Crippen LogP contribution in [0.25, 0.3) is 5.57 Å². The van der Waals surface area contributed by atoms with E-state index in [4.69, 9.17) is 0 Å². The van der Waals surface area contributed by atoms with Gasteiger partial charge in [0.05, 0.1) is 0 Å². The SMILES string of the molecule is CN1C(=O)C(=O)N(C)C(CC2=CB(C#N)c3ccccc32)(SS)C1=O. The lowest BCUT2D eigenvalue weighted by Crippen LogP contribution is -2.66. The highest BCUT2D eigenvalue weighted by atomic mass is 33.1. The summed E-state index contributed by atoms with van der Waals surface area (Å²) < 4.78 is 0. The van der Waals surface area contributed by atoms with Crippen molar-refractivity contribution in [1.29, 1.82) is 5.26 Å². The van der Waals surface area contributed by atoms with Gasteiger partial charge in [-0.15, -0.1) is 11.7 Å². The number of nitriles is 1. The number of benzene rings is 1. The molecule has 0 bridgehead atoms. The lowest BCUT2D eigenvalue weighted by Gasteiger charge is -2.44. The van der Waals surface area contributed by atoms with Gasteiger partial charge in [-0.2, -0.15) is 0 Å². The Morgan fingerprint density at radius 1 is 1.24 bits per heavy atom. The van der Waals surface area contributed by atoms with Crippen molar-refractivity contribution in [3.05, 3.63) is 35.8 Å².